The van der Waals surface area contributed by atoms with Crippen LogP contribution in [0.2, 0.25) is 0 Å². The molecule has 0 aliphatic rings. The molecule has 0 saturated carbocycles. The maximum atomic E-state index is 12.5. The lowest BCUT2D eigenvalue weighted by atomic mass is 10.1. The molecule has 0 atom stereocenters. The number of alkyl halides is 2. The number of hydrogen-bond donors (Lipinski definition) is 0. The van der Waals surface area contributed by atoms with Gasteiger partial charge in [-0.25, -0.2) is 8.78 Å². The molecule has 0 fully saturated rings. The summed E-state index contributed by atoms with van der Waals surface area (Å²) in [4.78, 5) is 0. The molecule has 80 valence electrons. The predicted octanol–water partition coefficient (Wildman–Crippen LogP) is 3.94. The van der Waals surface area contributed by atoms with Gasteiger partial charge in [-0.15, -0.1) is 0 Å². The van der Waals surface area contributed by atoms with Crippen molar-refractivity contribution in [2.45, 2.75) is 32.7 Å². The lowest BCUT2D eigenvalue weighted by Gasteiger charge is -2.20. The lowest BCUT2D eigenvalue weighted by molar-refractivity contribution is 0.142. The predicted molar refractivity (Wildman–Crippen MR) is 62.6 cm³/mol. The van der Waals surface area contributed by atoms with E-state index in [1.807, 2.05) is 43.4 Å². The molecule has 0 amide bonds. The van der Waals surface area contributed by atoms with Crippen molar-refractivity contribution >= 4 is 38.5 Å². The van der Waals surface area contributed by atoms with Gasteiger partial charge in [0.2, 0.25) is 0 Å². The molecule has 0 saturated heterocycles. The molecule has 0 aliphatic carbocycles. The first-order valence-electron chi connectivity index (χ1n) is 3.97. The quantitative estimate of drug-likeness (QED) is 0.677. The first kappa shape index (κ1) is 12.4. The minimum atomic E-state index is -2.53. The van der Waals surface area contributed by atoms with E-state index in [0.717, 1.165) is 0 Å². The fraction of sp³-hybridized carbons (Fsp3) is 0.625. The summed E-state index contributed by atoms with van der Waals surface area (Å²) in [5.41, 5.74) is -0.460. The van der Waals surface area contributed by atoms with Crippen LogP contribution in [0.4, 0.5) is 8.78 Å². The molecule has 0 N–H and O–H groups in total. The molecule has 1 aromatic heterocycles. The smallest absolute Gasteiger partial charge is 0.252 e. The Morgan fingerprint density at radius 1 is 1.43 bits per heavy atom. The molecule has 14 heavy (non-hydrogen) atoms. The minimum absolute atomic E-state index is 0.160. The number of rotatable bonds is 1. The Hall–Kier alpha value is 0.280. The van der Waals surface area contributed by atoms with Crippen LogP contribution in [0.25, 0.3) is 0 Å². The molecule has 0 aliphatic heterocycles. The summed E-state index contributed by atoms with van der Waals surface area (Å²) in [5.74, 6) is 0. The van der Waals surface area contributed by atoms with Crippen LogP contribution in [0.15, 0.2) is 4.60 Å². The van der Waals surface area contributed by atoms with Gasteiger partial charge in [0, 0.05) is 0 Å². The highest BCUT2D eigenvalue weighted by molar-refractivity contribution is 14.1. The molecule has 0 bridgehead atoms. The van der Waals surface area contributed by atoms with Crippen molar-refractivity contribution in [3.63, 3.8) is 0 Å². The number of halogens is 4. The molecule has 0 unspecified atom stereocenters. The Bertz CT molecular complexity index is 344. The van der Waals surface area contributed by atoms with Crippen LogP contribution >= 0.6 is 38.5 Å². The van der Waals surface area contributed by atoms with Gasteiger partial charge in [0.05, 0.1) is 9.11 Å². The summed E-state index contributed by atoms with van der Waals surface area (Å²) < 4.78 is 27.7. The summed E-state index contributed by atoms with van der Waals surface area (Å²) in [5, 5.41) is 3.89. The first-order chi connectivity index (χ1) is 6.25. The fourth-order valence-electron chi connectivity index (χ4n) is 0.978. The van der Waals surface area contributed by atoms with Crippen LogP contribution < -0.4 is 0 Å². The Balaban J connectivity index is 3.29. The van der Waals surface area contributed by atoms with E-state index in [2.05, 4.69) is 21.0 Å². The highest BCUT2D eigenvalue weighted by Gasteiger charge is 2.26. The monoisotopic (exact) mass is 378 g/mol. The van der Waals surface area contributed by atoms with Crippen molar-refractivity contribution in [3.8, 4) is 0 Å². The van der Waals surface area contributed by atoms with Crippen LogP contribution in [0, 0.1) is 3.57 Å². The van der Waals surface area contributed by atoms with E-state index < -0.39 is 6.43 Å². The zero-order valence-electron chi connectivity index (χ0n) is 7.98. The van der Waals surface area contributed by atoms with Gasteiger partial charge in [0.1, 0.15) is 10.3 Å². The topological polar surface area (TPSA) is 17.8 Å². The second-order valence-electron chi connectivity index (χ2n) is 3.87. The third-order valence-corrected chi connectivity index (χ3v) is 4.18. The number of hydrogen-bond acceptors (Lipinski definition) is 1. The minimum Gasteiger partial charge on any atom is -0.252 e. The molecule has 0 radical (unpaired) electrons. The van der Waals surface area contributed by atoms with Gasteiger partial charge in [0.15, 0.2) is 0 Å². The molecule has 0 spiro atoms. The average molecular weight is 379 g/mol. The van der Waals surface area contributed by atoms with Crippen LogP contribution in [0.5, 0.6) is 0 Å². The van der Waals surface area contributed by atoms with E-state index in [1.165, 1.54) is 0 Å². The van der Waals surface area contributed by atoms with Crippen LogP contribution in [0.1, 0.15) is 32.9 Å². The summed E-state index contributed by atoms with van der Waals surface area (Å²) in [6.07, 6.45) is -2.53. The summed E-state index contributed by atoms with van der Waals surface area (Å²) >= 11 is 5.14. The summed E-state index contributed by atoms with van der Waals surface area (Å²) in [6.45, 7) is 5.74. The third-order valence-electron chi connectivity index (χ3n) is 1.64. The maximum absolute atomic E-state index is 12.5. The van der Waals surface area contributed by atoms with E-state index in [9.17, 15) is 8.78 Å². The first-order valence-corrected chi connectivity index (χ1v) is 5.85. The van der Waals surface area contributed by atoms with Gasteiger partial charge in [-0.2, -0.15) is 5.10 Å². The highest BCUT2D eigenvalue weighted by Crippen LogP contribution is 2.32. The Morgan fingerprint density at radius 2 is 1.93 bits per heavy atom. The number of aromatic nitrogens is 2. The average Bonchev–Trinajstić information content (AvgIpc) is 2.28. The maximum Gasteiger partial charge on any atom is 0.283 e. The SMILES string of the molecule is CC(C)(C)n1nc(C(F)F)c(I)c1Br. The van der Waals surface area contributed by atoms with Crippen molar-refractivity contribution in [3.05, 3.63) is 13.9 Å². The Morgan fingerprint density at radius 3 is 2.14 bits per heavy atom. The summed E-state index contributed by atoms with van der Waals surface area (Å²) in [7, 11) is 0. The van der Waals surface area contributed by atoms with Crippen LogP contribution in [-0.4, -0.2) is 9.78 Å². The highest BCUT2D eigenvalue weighted by atomic mass is 127. The second kappa shape index (κ2) is 4.03. The Labute approximate surface area is 103 Å². The molecule has 1 rings (SSSR count). The van der Waals surface area contributed by atoms with Gasteiger partial charge in [-0.3, -0.25) is 4.68 Å². The van der Waals surface area contributed by atoms with Crippen molar-refractivity contribution in [1.29, 1.82) is 0 Å². The zero-order valence-corrected chi connectivity index (χ0v) is 11.7. The van der Waals surface area contributed by atoms with E-state index in [0.29, 0.717) is 8.17 Å². The standard InChI is InChI=1S/C8H10BrF2IN2/c1-8(2,3)14-6(9)4(12)5(13-14)7(10)11/h7H,1-3H3. The van der Waals surface area contributed by atoms with E-state index in [-0.39, 0.29) is 11.2 Å². The van der Waals surface area contributed by atoms with E-state index >= 15 is 0 Å². The summed E-state index contributed by atoms with van der Waals surface area (Å²) in [6, 6.07) is 0. The molecule has 6 heteroatoms. The normalized spacial score (nSPS) is 12.6. The van der Waals surface area contributed by atoms with Gasteiger partial charge >= 0.3 is 0 Å². The van der Waals surface area contributed by atoms with E-state index in [4.69, 9.17) is 0 Å². The Kier molecular flexibility index (Phi) is 3.56. The van der Waals surface area contributed by atoms with Gasteiger partial charge in [0.25, 0.3) is 6.43 Å². The van der Waals surface area contributed by atoms with Crippen molar-refractivity contribution in [1.82, 2.24) is 9.78 Å². The molecule has 0 aromatic carbocycles. The molecule has 1 aromatic rings. The fourth-order valence-corrected chi connectivity index (χ4v) is 2.36. The van der Waals surface area contributed by atoms with Crippen LogP contribution in [0.3, 0.4) is 0 Å². The van der Waals surface area contributed by atoms with Crippen molar-refractivity contribution < 1.29 is 8.78 Å². The molecule has 1 heterocycles. The third kappa shape index (κ3) is 2.26. The largest absolute Gasteiger partial charge is 0.283 e. The van der Waals surface area contributed by atoms with Gasteiger partial charge < -0.3 is 0 Å². The lowest BCUT2D eigenvalue weighted by Crippen LogP contribution is -2.23. The van der Waals surface area contributed by atoms with Gasteiger partial charge in [-0.05, 0) is 59.3 Å². The van der Waals surface area contributed by atoms with Crippen molar-refractivity contribution in [2.75, 3.05) is 0 Å². The van der Waals surface area contributed by atoms with E-state index in [1.54, 1.807) is 4.68 Å². The second-order valence-corrected chi connectivity index (χ2v) is 5.70. The van der Waals surface area contributed by atoms with Crippen LogP contribution in [-0.2, 0) is 5.54 Å². The molecular weight excluding hydrogens is 369 g/mol. The number of nitrogens with zero attached hydrogens (tertiary/aromatic N) is 2. The molecule has 2 nitrogen and oxygen atoms in total. The van der Waals surface area contributed by atoms with Crippen molar-refractivity contribution in [2.24, 2.45) is 0 Å². The zero-order chi connectivity index (χ0) is 11.1. The van der Waals surface area contributed by atoms with Gasteiger partial charge in [-0.1, -0.05) is 0 Å². The molecular formula is C8H10BrF2IN2.